The Bertz CT molecular complexity index is 1620. The lowest BCUT2D eigenvalue weighted by molar-refractivity contribution is -0.384. The molecule has 0 saturated carbocycles. The number of amides is 2. The Morgan fingerprint density at radius 2 is 1.67 bits per heavy atom. The summed E-state index contributed by atoms with van der Waals surface area (Å²) >= 11 is 0. The van der Waals surface area contributed by atoms with E-state index in [0.29, 0.717) is 30.4 Å². The molecule has 0 spiro atoms. The van der Waals surface area contributed by atoms with E-state index in [9.17, 15) is 24.5 Å². The van der Waals surface area contributed by atoms with Crippen LogP contribution >= 0.6 is 0 Å². The molecule has 4 atom stereocenters. The monoisotopic (exact) mass is 523 g/mol. The molecule has 4 aliphatic heterocycles. The largest absolute Gasteiger partial charge is 0.486 e. The van der Waals surface area contributed by atoms with E-state index in [1.165, 1.54) is 24.3 Å². The fraction of sp³-hybridized carbons (Fsp3) is 0.207. The van der Waals surface area contributed by atoms with Gasteiger partial charge in [-0.3, -0.25) is 24.5 Å². The lowest BCUT2D eigenvalue weighted by atomic mass is 9.83. The van der Waals surface area contributed by atoms with Crippen molar-refractivity contribution in [3.63, 3.8) is 0 Å². The third-order valence-corrected chi connectivity index (χ3v) is 7.86. The van der Waals surface area contributed by atoms with Gasteiger partial charge < -0.3 is 14.4 Å². The molecule has 2 amide bonds. The number of hydrogen-bond donors (Lipinski definition) is 0. The van der Waals surface area contributed by atoms with Crippen LogP contribution in [0.25, 0.3) is 6.08 Å². The van der Waals surface area contributed by atoms with E-state index in [2.05, 4.69) is 0 Å². The van der Waals surface area contributed by atoms with Gasteiger partial charge in [0.2, 0.25) is 11.8 Å². The summed E-state index contributed by atoms with van der Waals surface area (Å²) in [5.74, 6) is -2.20. The fourth-order valence-electron chi connectivity index (χ4n) is 6.23. The maximum Gasteiger partial charge on any atom is 0.270 e. The molecule has 0 aromatic heterocycles. The summed E-state index contributed by atoms with van der Waals surface area (Å²) in [5, 5.41) is 11.4. The molecule has 4 heterocycles. The standard InChI is InChI=1S/C29H21N3O7/c33-27(17-5-3-6-19(14-17)32(36)37)26-24-23(25-20-7-2-1-4-16(20)10-11-30(25)26)28(34)31(29(24)35)18-8-9-21-22(15-18)39-13-12-38-21/h1-11,14-15,23-26H,12-13H2/t23-,24-,25-,26+/m0/s1. The van der Waals surface area contributed by atoms with Crippen LogP contribution in [0, 0.1) is 22.0 Å². The number of fused-ring (bicyclic) bond motifs is 6. The van der Waals surface area contributed by atoms with Gasteiger partial charge in [-0.15, -0.1) is 0 Å². The Labute approximate surface area is 222 Å². The van der Waals surface area contributed by atoms with Crippen LogP contribution in [0.2, 0.25) is 0 Å². The zero-order chi connectivity index (χ0) is 26.8. The zero-order valence-electron chi connectivity index (χ0n) is 20.4. The van der Waals surface area contributed by atoms with Crippen LogP contribution in [-0.4, -0.2) is 46.7 Å². The summed E-state index contributed by atoms with van der Waals surface area (Å²) in [7, 11) is 0. The van der Waals surface area contributed by atoms with E-state index in [0.717, 1.165) is 16.0 Å². The average Bonchev–Trinajstić information content (AvgIpc) is 3.44. The highest BCUT2D eigenvalue weighted by Crippen LogP contribution is 2.54. The number of nitro benzene ring substituents is 1. The Balaban J connectivity index is 1.35. The number of hydrogen-bond acceptors (Lipinski definition) is 8. The first-order chi connectivity index (χ1) is 18.9. The first-order valence-corrected chi connectivity index (χ1v) is 12.5. The maximum atomic E-state index is 14.1. The smallest absolute Gasteiger partial charge is 0.270 e. The highest BCUT2D eigenvalue weighted by atomic mass is 16.6. The highest BCUT2D eigenvalue weighted by molar-refractivity contribution is 6.24. The number of carbonyl (C=O) groups is 3. The minimum absolute atomic E-state index is 0.110. The molecule has 7 rings (SSSR count). The van der Waals surface area contributed by atoms with Gasteiger partial charge >= 0.3 is 0 Å². The third-order valence-electron chi connectivity index (χ3n) is 7.86. The van der Waals surface area contributed by atoms with Crippen molar-refractivity contribution < 1.29 is 28.8 Å². The van der Waals surface area contributed by atoms with Gasteiger partial charge in [-0.05, 0) is 29.3 Å². The van der Waals surface area contributed by atoms with Crippen molar-refractivity contribution in [1.82, 2.24) is 4.90 Å². The number of benzene rings is 3. The molecule has 0 aliphatic carbocycles. The van der Waals surface area contributed by atoms with Crippen LogP contribution < -0.4 is 14.4 Å². The molecule has 2 saturated heterocycles. The Kier molecular flexibility index (Phi) is 5.06. The van der Waals surface area contributed by atoms with Crippen LogP contribution in [0.1, 0.15) is 27.5 Å². The summed E-state index contributed by atoms with van der Waals surface area (Å²) in [4.78, 5) is 55.9. The van der Waals surface area contributed by atoms with Gasteiger partial charge in [0.25, 0.3) is 5.69 Å². The Morgan fingerprint density at radius 3 is 2.49 bits per heavy atom. The first kappa shape index (κ1) is 23.2. The van der Waals surface area contributed by atoms with E-state index in [1.807, 2.05) is 30.3 Å². The lowest BCUT2D eigenvalue weighted by Gasteiger charge is -2.35. The number of anilines is 1. The SMILES string of the molecule is O=C(c1cccc([N+](=O)[O-])c1)[C@H]1[C@H]2C(=O)N(c3ccc4c(c3)OCCO4)C(=O)[C@@H]2[C@@H]2c3ccccc3C=CN12. The van der Waals surface area contributed by atoms with Crippen molar-refractivity contribution in [2.75, 3.05) is 18.1 Å². The van der Waals surface area contributed by atoms with Gasteiger partial charge in [-0.2, -0.15) is 0 Å². The number of Topliss-reactive ketones (excluding diaryl/α,β-unsaturated/α-hetero) is 1. The molecule has 0 radical (unpaired) electrons. The molecule has 3 aromatic carbocycles. The molecule has 4 aliphatic rings. The summed E-state index contributed by atoms with van der Waals surface area (Å²) in [6, 6.07) is 16.4. The van der Waals surface area contributed by atoms with Crippen molar-refractivity contribution in [3.8, 4) is 11.5 Å². The molecule has 10 heteroatoms. The normalized spacial score (nSPS) is 24.3. The maximum absolute atomic E-state index is 14.1. The number of nitrogens with zero attached hydrogens (tertiary/aromatic N) is 3. The summed E-state index contributed by atoms with van der Waals surface area (Å²) < 4.78 is 11.3. The second kappa shape index (κ2) is 8.52. The van der Waals surface area contributed by atoms with Gasteiger partial charge in [0.1, 0.15) is 19.3 Å². The number of nitro groups is 1. The molecule has 3 aromatic rings. The summed E-state index contributed by atoms with van der Waals surface area (Å²) in [6.45, 7) is 0.757. The van der Waals surface area contributed by atoms with Crippen molar-refractivity contribution in [3.05, 3.63) is 99.7 Å². The molecule has 0 bridgehead atoms. The second-order valence-corrected chi connectivity index (χ2v) is 9.84. The predicted molar refractivity (Wildman–Crippen MR) is 138 cm³/mol. The van der Waals surface area contributed by atoms with E-state index in [1.54, 1.807) is 29.3 Å². The topological polar surface area (TPSA) is 119 Å². The van der Waals surface area contributed by atoms with Crippen molar-refractivity contribution in [1.29, 1.82) is 0 Å². The molecular formula is C29H21N3O7. The van der Waals surface area contributed by atoms with Crippen LogP contribution in [0.3, 0.4) is 0 Å². The number of non-ortho nitro benzene ring substituents is 1. The first-order valence-electron chi connectivity index (χ1n) is 12.5. The molecule has 10 nitrogen and oxygen atoms in total. The van der Waals surface area contributed by atoms with Gasteiger partial charge in [0, 0.05) is 30.0 Å². The lowest BCUT2D eigenvalue weighted by Crippen LogP contribution is -2.44. The molecule has 0 N–H and O–H groups in total. The van der Waals surface area contributed by atoms with E-state index >= 15 is 0 Å². The summed E-state index contributed by atoms with van der Waals surface area (Å²) in [5.41, 5.74) is 1.97. The van der Waals surface area contributed by atoms with Crippen molar-refractivity contribution in [2.45, 2.75) is 12.1 Å². The number of carbonyl (C=O) groups excluding carboxylic acids is 3. The molecule has 39 heavy (non-hydrogen) atoms. The van der Waals surface area contributed by atoms with Gasteiger partial charge in [-0.25, -0.2) is 4.90 Å². The third kappa shape index (κ3) is 3.37. The zero-order valence-corrected chi connectivity index (χ0v) is 20.4. The van der Waals surface area contributed by atoms with E-state index < -0.39 is 46.4 Å². The van der Waals surface area contributed by atoms with E-state index in [-0.39, 0.29) is 11.3 Å². The number of ketones is 1. The predicted octanol–water partition coefficient (Wildman–Crippen LogP) is 3.76. The van der Waals surface area contributed by atoms with Crippen LogP contribution in [-0.2, 0) is 9.59 Å². The molecular weight excluding hydrogens is 502 g/mol. The summed E-state index contributed by atoms with van der Waals surface area (Å²) in [6.07, 6.45) is 3.61. The van der Waals surface area contributed by atoms with Crippen molar-refractivity contribution >= 4 is 35.0 Å². The quantitative estimate of drug-likeness (QED) is 0.219. The fourth-order valence-corrected chi connectivity index (χ4v) is 6.23. The van der Waals surface area contributed by atoms with Crippen LogP contribution in [0.15, 0.2) is 72.9 Å². The Hall–Kier alpha value is -4.99. The highest BCUT2D eigenvalue weighted by Gasteiger charge is 2.64. The minimum Gasteiger partial charge on any atom is -0.486 e. The number of imide groups is 1. The van der Waals surface area contributed by atoms with Gasteiger partial charge in [-0.1, -0.05) is 36.4 Å². The minimum atomic E-state index is -1.02. The average molecular weight is 524 g/mol. The molecule has 194 valence electrons. The number of rotatable bonds is 4. The number of ether oxygens (including phenoxy) is 2. The van der Waals surface area contributed by atoms with Crippen LogP contribution in [0.4, 0.5) is 11.4 Å². The van der Waals surface area contributed by atoms with E-state index in [4.69, 9.17) is 9.47 Å². The Morgan fingerprint density at radius 1 is 0.897 bits per heavy atom. The molecule has 2 fully saturated rings. The molecule has 0 unspecified atom stereocenters. The van der Waals surface area contributed by atoms with Gasteiger partial charge in [0.15, 0.2) is 17.3 Å². The van der Waals surface area contributed by atoms with Gasteiger partial charge in [0.05, 0.1) is 28.5 Å². The van der Waals surface area contributed by atoms with Crippen LogP contribution in [0.5, 0.6) is 11.5 Å². The second-order valence-electron chi connectivity index (χ2n) is 9.84. The van der Waals surface area contributed by atoms with Crippen molar-refractivity contribution in [2.24, 2.45) is 11.8 Å².